The number of H-pyrrole nitrogens is 6. The Kier molecular flexibility index (Phi) is 9.69. The lowest BCUT2D eigenvalue weighted by molar-refractivity contribution is 0.173. The van der Waals surface area contributed by atoms with Crippen molar-refractivity contribution in [3.05, 3.63) is 92.8 Å². The molecule has 6 aromatic heterocycles. The fraction of sp³-hybridized carbons (Fsp3) is 0.250. The molecule has 0 saturated carbocycles. The molecule has 0 bridgehead atoms. The van der Waals surface area contributed by atoms with E-state index >= 15 is 0 Å². The van der Waals surface area contributed by atoms with Gasteiger partial charge in [-0.2, -0.15) is 15.3 Å². The van der Waals surface area contributed by atoms with E-state index in [9.17, 15) is 0 Å². The van der Waals surface area contributed by atoms with Gasteiger partial charge in [-0.3, -0.25) is 15.3 Å². The number of aromatic nitrogens is 12. The van der Waals surface area contributed by atoms with E-state index in [2.05, 4.69) is 142 Å². The fourth-order valence-corrected chi connectivity index (χ4v) is 6.62. The zero-order valence-corrected chi connectivity index (χ0v) is 33.0. The molecule has 0 aliphatic carbocycles. The molecule has 9 aromatic rings. The molecule has 0 radical (unpaired) electrons. The Hall–Kier alpha value is -6.22. The van der Waals surface area contributed by atoms with Crippen LogP contribution >= 0.6 is 15.9 Å². The summed E-state index contributed by atoms with van der Waals surface area (Å²) < 4.78 is 12.2. The third-order valence-corrected chi connectivity index (χ3v) is 10.3. The number of hydrogen-bond donors (Lipinski definition) is 6. The first-order chi connectivity index (χ1) is 26.7. The molecule has 280 valence electrons. The van der Waals surface area contributed by atoms with Gasteiger partial charge < -0.3 is 24.4 Å². The van der Waals surface area contributed by atoms with Gasteiger partial charge in [-0.05, 0) is 127 Å². The van der Waals surface area contributed by atoms with E-state index in [0.717, 1.165) is 102 Å². The van der Waals surface area contributed by atoms with Crippen LogP contribution in [-0.2, 0) is 12.8 Å². The predicted molar refractivity (Wildman–Crippen MR) is 217 cm³/mol. The van der Waals surface area contributed by atoms with Gasteiger partial charge in [0.15, 0.2) is 29.0 Å². The second-order valence-electron chi connectivity index (χ2n) is 13.5. The Balaban J connectivity index is 0.000000117. The highest BCUT2D eigenvalue weighted by molar-refractivity contribution is 9.10. The standard InChI is InChI=1S/C14H14N4O2.C14H16N4.C12H11BrN4/c1-2-8-7-10(18-17-8)14-15-9-3-4-11-13(12(9)16-14)20-6-5-19-11;1-4-10-7-13(18-17-10)14-15-11-5-8(2)9(3)6-12(11)16-14;1-6-3-9-10(4-7(6)2)16-12(15-9)11-8(13)5-14-17-11/h3-4,7H,2,5-6H2,1H3,(H,15,16)(H,17,18);5-7H,4H2,1-3H3,(H,15,16)(H,17,18);3-5H,1-2H3,(H,14,17)(H,15,16). The van der Waals surface area contributed by atoms with E-state index < -0.39 is 0 Å². The number of halogens is 1. The zero-order valence-electron chi connectivity index (χ0n) is 31.4. The van der Waals surface area contributed by atoms with E-state index in [-0.39, 0.29) is 0 Å². The minimum atomic E-state index is 0.552. The SMILES string of the molecule is CCc1cc(-c2nc3c4c(ccc3[nH]2)OCCO4)n[nH]1.CCc1cc(-c2nc3cc(C)c(C)cc3[nH]2)n[nH]1.Cc1cc2nc(-c3[nH]ncc3Br)[nH]c2cc1C. The first kappa shape index (κ1) is 35.8. The third kappa shape index (κ3) is 7.22. The molecule has 0 spiro atoms. The number of fused-ring (bicyclic) bond motifs is 5. The highest BCUT2D eigenvalue weighted by Crippen LogP contribution is 2.37. The minimum Gasteiger partial charge on any atom is -0.486 e. The highest BCUT2D eigenvalue weighted by atomic mass is 79.9. The number of nitrogens with zero attached hydrogens (tertiary/aromatic N) is 6. The van der Waals surface area contributed by atoms with Crippen LogP contribution in [0.25, 0.3) is 67.7 Å². The van der Waals surface area contributed by atoms with Crippen molar-refractivity contribution in [3.63, 3.8) is 0 Å². The van der Waals surface area contributed by atoms with Crippen molar-refractivity contribution in [2.75, 3.05) is 13.2 Å². The van der Waals surface area contributed by atoms with Crippen molar-refractivity contribution in [2.45, 2.75) is 54.4 Å². The number of aromatic amines is 6. The minimum absolute atomic E-state index is 0.552. The number of imidazole rings is 3. The van der Waals surface area contributed by atoms with E-state index in [0.29, 0.717) is 19.0 Å². The number of benzene rings is 3. The zero-order chi connectivity index (χ0) is 38.2. The van der Waals surface area contributed by atoms with Crippen LogP contribution in [-0.4, -0.2) is 73.7 Å². The second-order valence-corrected chi connectivity index (χ2v) is 14.4. The molecule has 0 atom stereocenters. The molecule has 0 saturated heterocycles. The monoisotopic (exact) mass is 800 g/mol. The molecule has 0 fully saturated rings. The van der Waals surface area contributed by atoms with Crippen molar-refractivity contribution in [2.24, 2.45) is 0 Å². The fourth-order valence-electron chi connectivity index (χ4n) is 6.25. The third-order valence-electron chi connectivity index (χ3n) is 9.69. The molecule has 1 aliphatic heterocycles. The molecule has 15 heteroatoms. The van der Waals surface area contributed by atoms with E-state index in [1.165, 1.54) is 22.3 Å². The van der Waals surface area contributed by atoms with Gasteiger partial charge in [0.25, 0.3) is 0 Å². The van der Waals surface area contributed by atoms with Crippen molar-refractivity contribution in [1.29, 1.82) is 0 Å². The molecule has 14 nitrogen and oxygen atoms in total. The van der Waals surface area contributed by atoms with Crippen LogP contribution in [0.1, 0.15) is 47.5 Å². The van der Waals surface area contributed by atoms with Gasteiger partial charge in [0.05, 0.1) is 38.3 Å². The van der Waals surface area contributed by atoms with Crippen LogP contribution in [0.3, 0.4) is 0 Å². The summed E-state index contributed by atoms with van der Waals surface area (Å²) in [7, 11) is 0. The largest absolute Gasteiger partial charge is 0.486 e. The van der Waals surface area contributed by atoms with Gasteiger partial charge in [-0.25, -0.2) is 15.0 Å². The van der Waals surface area contributed by atoms with Gasteiger partial charge in [0.1, 0.15) is 35.8 Å². The Morgan fingerprint density at radius 1 is 0.618 bits per heavy atom. The van der Waals surface area contributed by atoms with Crippen LogP contribution in [0.2, 0.25) is 0 Å². The summed E-state index contributed by atoms with van der Waals surface area (Å²) in [5.41, 5.74) is 15.6. The Bertz CT molecular complexity index is 2700. The molecule has 6 N–H and O–H groups in total. The molecule has 0 unspecified atom stereocenters. The first-order valence-electron chi connectivity index (χ1n) is 18.2. The van der Waals surface area contributed by atoms with Gasteiger partial charge in [0, 0.05) is 11.4 Å². The lowest BCUT2D eigenvalue weighted by atomic mass is 10.1. The van der Waals surface area contributed by atoms with E-state index in [1.807, 2.05) is 24.3 Å². The molecule has 55 heavy (non-hydrogen) atoms. The van der Waals surface area contributed by atoms with Crippen LogP contribution in [0.4, 0.5) is 0 Å². The van der Waals surface area contributed by atoms with Gasteiger partial charge >= 0.3 is 0 Å². The summed E-state index contributed by atoms with van der Waals surface area (Å²) in [6, 6.07) is 16.3. The van der Waals surface area contributed by atoms with Crippen molar-refractivity contribution in [1.82, 2.24) is 60.5 Å². The molecule has 7 heterocycles. The number of nitrogens with one attached hydrogen (secondary N) is 6. The molecule has 0 amide bonds. The second kappa shape index (κ2) is 14.9. The van der Waals surface area contributed by atoms with Crippen LogP contribution < -0.4 is 9.47 Å². The summed E-state index contributed by atoms with van der Waals surface area (Å²) in [5.74, 6) is 3.82. The number of hydrogen-bond acceptors (Lipinski definition) is 8. The van der Waals surface area contributed by atoms with Crippen molar-refractivity contribution in [3.8, 4) is 46.1 Å². The number of rotatable bonds is 5. The maximum absolute atomic E-state index is 5.68. The average molecular weight is 802 g/mol. The molecule has 1 aliphatic rings. The Labute approximate surface area is 324 Å². The molecular weight excluding hydrogens is 760 g/mol. The van der Waals surface area contributed by atoms with Gasteiger partial charge in [0.2, 0.25) is 0 Å². The quantitative estimate of drug-likeness (QED) is 0.0996. The summed E-state index contributed by atoms with van der Waals surface area (Å²) in [5, 5.41) is 21.5. The van der Waals surface area contributed by atoms with Gasteiger partial charge in [-0.1, -0.05) is 13.8 Å². The lowest BCUT2D eigenvalue weighted by Crippen LogP contribution is -2.15. The Morgan fingerprint density at radius 3 is 1.75 bits per heavy atom. The van der Waals surface area contributed by atoms with Crippen molar-refractivity contribution >= 4 is 49.0 Å². The maximum atomic E-state index is 5.68. The maximum Gasteiger partial charge on any atom is 0.189 e. The summed E-state index contributed by atoms with van der Waals surface area (Å²) in [4.78, 5) is 23.6. The highest BCUT2D eigenvalue weighted by Gasteiger charge is 2.19. The van der Waals surface area contributed by atoms with Crippen LogP contribution in [0, 0.1) is 27.7 Å². The first-order valence-corrected chi connectivity index (χ1v) is 19.0. The van der Waals surface area contributed by atoms with Crippen LogP contribution in [0.5, 0.6) is 11.5 Å². The van der Waals surface area contributed by atoms with Crippen LogP contribution in [0.15, 0.2) is 59.2 Å². The summed E-state index contributed by atoms with van der Waals surface area (Å²) >= 11 is 3.44. The topological polar surface area (TPSA) is 191 Å². The summed E-state index contributed by atoms with van der Waals surface area (Å²) in [6.07, 6.45) is 3.59. The predicted octanol–water partition coefficient (Wildman–Crippen LogP) is 8.75. The average Bonchev–Trinajstić information content (AvgIpc) is 4.04. The Morgan fingerprint density at radius 2 is 1.16 bits per heavy atom. The molecule has 10 rings (SSSR count). The molecular formula is C40H41BrN12O2. The normalized spacial score (nSPS) is 12.2. The van der Waals surface area contributed by atoms with E-state index in [4.69, 9.17) is 9.47 Å². The molecule has 3 aromatic carbocycles. The lowest BCUT2D eigenvalue weighted by Gasteiger charge is -2.17. The van der Waals surface area contributed by atoms with E-state index in [1.54, 1.807) is 6.20 Å². The number of aryl methyl sites for hydroxylation is 6. The van der Waals surface area contributed by atoms with Crippen molar-refractivity contribution < 1.29 is 9.47 Å². The number of ether oxygens (including phenoxy) is 2. The van der Waals surface area contributed by atoms with Gasteiger partial charge in [-0.15, -0.1) is 0 Å². The summed E-state index contributed by atoms with van der Waals surface area (Å²) in [6.45, 7) is 13.7. The smallest absolute Gasteiger partial charge is 0.189 e.